The van der Waals surface area contributed by atoms with Crippen LogP contribution in [-0.4, -0.2) is 42.1 Å². The maximum absolute atomic E-state index is 6.67. The summed E-state index contributed by atoms with van der Waals surface area (Å²) in [6, 6.07) is 19.0. The summed E-state index contributed by atoms with van der Waals surface area (Å²) in [5.41, 5.74) is 5.74. The second kappa shape index (κ2) is 12.1. The van der Waals surface area contributed by atoms with Gasteiger partial charge in [-0.3, -0.25) is 4.98 Å². The first-order chi connectivity index (χ1) is 19.3. The van der Waals surface area contributed by atoms with E-state index in [0.29, 0.717) is 34.1 Å². The zero-order valence-corrected chi connectivity index (χ0v) is 25.0. The average molecular weight is 598 g/mol. The smallest absolute Gasteiger partial charge is 0.174 e. The first-order valence-electron chi connectivity index (χ1n) is 12.8. The Balaban J connectivity index is 1.63. The van der Waals surface area contributed by atoms with E-state index in [1.54, 1.807) is 20.4 Å². The fraction of sp³-hybridized carbons (Fsp3) is 0.267. The summed E-state index contributed by atoms with van der Waals surface area (Å²) >= 11 is 19.0. The Morgan fingerprint density at radius 3 is 2.48 bits per heavy atom. The number of methoxy groups -OCH3 is 2. The summed E-state index contributed by atoms with van der Waals surface area (Å²) in [6.07, 6.45) is 1.79. The number of hydrogen-bond acceptors (Lipinski definition) is 5. The van der Waals surface area contributed by atoms with E-state index in [1.807, 2.05) is 54.6 Å². The summed E-state index contributed by atoms with van der Waals surface area (Å²) < 4.78 is 18.7. The number of nitrogens with one attached hydrogen (secondary N) is 1. The lowest BCUT2D eigenvalue weighted by molar-refractivity contribution is 0.146. The summed E-state index contributed by atoms with van der Waals surface area (Å²) in [5, 5.41) is 5.22. The largest absolute Gasteiger partial charge is 0.495 e. The first kappa shape index (κ1) is 28.2. The number of benzene rings is 2. The van der Waals surface area contributed by atoms with Gasteiger partial charge < -0.3 is 29.0 Å². The lowest BCUT2D eigenvalue weighted by Gasteiger charge is -2.28. The van der Waals surface area contributed by atoms with Crippen molar-refractivity contribution in [1.82, 2.24) is 14.9 Å². The van der Waals surface area contributed by atoms with Crippen molar-refractivity contribution in [3.05, 3.63) is 99.6 Å². The highest BCUT2D eigenvalue weighted by Gasteiger charge is 2.42. The van der Waals surface area contributed by atoms with Crippen molar-refractivity contribution in [3.63, 3.8) is 0 Å². The molecule has 1 aliphatic heterocycles. The van der Waals surface area contributed by atoms with E-state index >= 15 is 0 Å². The highest BCUT2D eigenvalue weighted by molar-refractivity contribution is 7.80. The molecule has 0 amide bonds. The number of nitrogens with zero attached hydrogens (tertiary/aromatic N) is 3. The molecule has 0 radical (unpaired) electrons. The quantitative estimate of drug-likeness (QED) is 0.165. The Kier molecular flexibility index (Phi) is 8.51. The number of aromatic nitrogens is 2. The van der Waals surface area contributed by atoms with Gasteiger partial charge in [0, 0.05) is 35.4 Å². The molecular formula is C30H30Cl2N4O3S. The molecule has 1 N–H and O–H groups in total. The van der Waals surface area contributed by atoms with E-state index in [0.717, 1.165) is 39.8 Å². The average Bonchev–Trinajstić information content (AvgIpc) is 3.44. The molecule has 7 nitrogen and oxygen atoms in total. The van der Waals surface area contributed by atoms with Crippen LogP contribution in [0, 0.1) is 13.8 Å². The van der Waals surface area contributed by atoms with Gasteiger partial charge in [0.1, 0.15) is 18.1 Å². The Morgan fingerprint density at radius 1 is 0.975 bits per heavy atom. The van der Waals surface area contributed by atoms with Crippen LogP contribution >= 0.6 is 35.4 Å². The van der Waals surface area contributed by atoms with Crippen LogP contribution in [0.25, 0.3) is 5.69 Å². The summed E-state index contributed by atoms with van der Waals surface area (Å²) in [7, 11) is 3.29. The number of ether oxygens (including phenoxy) is 3. The highest BCUT2D eigenvalue weighted by Crippen LogP contribution is 2.45. The molecule has 0 aliphatic carbocycles. The Labute approximate surface area is 249 Å². The van der Waals surface area contributed by atoms with Gasteiger partial charge in [0.25, 0.3) is 0 Å². The molecule has 1 saturated heterocycles. The molecule has 1 aliphatic rings. The predicted octanol–water partition coefficient (Wildman–Crippen LogP) is 7.01. The third-order valence-electron chi connectivity index (χ3n) is 7.01. The van der Waals surface area contributed by atoms with E-state index in [4.69, 9.17) is 49.6 Å². The van der Waals surface area contributed by atoms with Crippen molar-refractivity contribution in [2.24, 2.45) is 0 Å². The Morgan fingerprint density at radius 2 is 1.77 bits per heavy atom. The van der Waals surface area contributed by atoms with Gasteiger partial charge >= 0.3 is 0 Å². The van der Waals surface area contributed by atoms with Gasteiger partial charge in [-0.2, -0.15) is 0 Å². The van der Waals surface area contributed by atoms with E-state index < -0.39 is 0 Å². The van der Waals surface area contributed by atoms with Crippen molar-refractivity contribution < 1.29 is 14.2 Å². The molecule has 0 spiro atoms. The third-order valence-corrected chi connectivity index (χ3v) is 7.85. The van der Waals surface area contributed by atoms with Gasteiger partial charge in [0.15, 0.2) is 5.11 Å². The second-order valence-corrected chi connectivity index (χ2v) is 10.7. The number of aryl methyl sites for hydroxylation is 1. The van der Waals surface area contributed by atoms with Gasteiger partial charge in [-0.15, -0.1) is 0 Å². The molecule has 10 heteroatoms. The maximum atomic E-state index is 6.67. The molecular weight excluding hydrogens is 567 g/mol. The SMILES string of the molecule is COCCOc1ccc(N2C(=S)N[C@H](c3ccccn3)[C@@H]2c2cc(C)n(-c3cc(Cl)ccc3OC)c2C)cc1Cl. The minimum absolute atomic E-state index is 0.208. The van der Waals surface area contributed by atoms with Gasteiger partial charge in [-0.05, 0) is 86.2 Å². The van der Waals surface area contributed by atoms with E-state index in [9.17, 15) is 0 Å². The molecule has 2 aromatic heterocycles. The number of pyridine rings is 1. The van der Waals surface area contributed by atoms with Crippen molar-refractivity contribution in [1.29, 1.82) is 0 Å². The minimum Gasteiger partial charge on any atom is -0.495 e. The predicted molar refractivity (Wildman–Crippen MR) is 164 cm³/mol. The first-order valence-corrected chi connectivity index (χ1v) is 13.9. The molecule has 3 heterocycles. The zero-order chi connectivity index (χ0) is 28.4. The van der Waals surface area contributed by atoms with Crippen LogP contribution in [0.3, 0.4) is 0 Å². The van der Waals surface area contributed by atoms with Crippen molar-refractivity contribution in [2.75, 3.05) is 32.3 Å². The fourth-order valence-corrected chi connectivity index (χ4v) is 5.98. The zero-order valence-electron chi connectivity index (χ0n) is 22.7. The van der Waals surface area contributed by atoms with E-state index in [1.165, 1.54) is 0 Å². The van der Waals surface area contributed by atoms with Crippen LogP contribution in [0.1, 0.15) is 34.7 Å². The number of rotatable bonds is 9. The van der Waals surface area contributed by atoms with Gasteiger partial charge in [0.05, 0.1) is 42.2 Å². The molecule has 40 heavy (non-hydrogen) atoms. The van der Waals surface area contributed by atoms with Gasteiger partial charge in [-0.1, -0.05) is 29.3 Å². The molecule has 4 aromatic rings. The standard InChI is InChI=1S/C30H30Cl2N4O3S/c1-18-15-22(19(2)35(18)25-16-20(31)8-10-27(25)38-4)29-28(24-7-5-6-12-33-24)34-30(40)36(29)21-9-11-26(23(32)17-21)39-14-13-37-3/h5-12,15-17,28-29H,13-14H2,1-4H3,(H,34,40)/t28-,29+/m1/s1. The lowest BCUT2D eigenvalue weighted by atomic mass is 9.96. The van der Waals surface area contributed by atoms with Crippen molar-refractivity contribution >= 4 is 46.2 Å². The minimum atomic E-state index is -0.219. The van der Waals surface area contributed by atoms with Crippen molar-refractivity contribution in [2.45, 2.75) is 25.9 Å². The molecule has 2 aromatic carbocycles. The summed E-state index contributed by atoms with van der Waals surface area (Å²) in [6.45, 7) is 5.04. The highest BCUT2D eigenvalue weighted by atomic mass is 35.5. The van der Waals surface area contributed by atoms with Gasteiger partial charge in [-0.25, -0.2) is 0 Å². The summed E-state index contributed by atoms with van der Waals surface area (Å²) in [4.78, 5) is 6.78. The van der Waals surface area contributed by atoms with Crippen LogP contribution < -0.4 is 19.7 Å². The number of anilines is 1. The summed E-state index contributed by atoms with van der Waals surface area (Å²) in [5.74, 6) is 1.32. The van der Waals surface area contributed by atoms with Crippen molar-refractivity contribution in [3.8, 4) is 17.2 Å². The number of halogens is 2. The number of thiocarbonyl (C=S) groups is 1. The molecule has 208 valence electrons. The second-order valence-electron chi connectivity index (χ2n) is 9.43. The Hall–Kier alpha value is -3.30. The van der Waals surface area contributed by atoms with Crippen LogP contribution in [-0.2, 0) is 4.74 Å². The molecule has 0 saturated carbocycles. The van der Waals surface area contributed by atoms with E-state index in [2.05, 4.69) is 39.7 Å². The normalized spacial score (nSPS) is 16.8. The van der Waals surface area contributed by atoms with Crippen LogP contribution in [0.2, 0.25) is 10.0 Å². The molecule has 5 rings (SSSR count). The number of hydrogen-bond donors (Lipinski definition) is 1. The molecule has 1 fully saturated rings. The maximum Gasteiger partial charge on any atom is 0.174 e. The lowest BCUT2D eigenvalue weighted by Crippen LogP contribution is -2.29. The van der Waals surface area contributed by atoms with E-state index in [-0.39, 0.29) is 12.1 Å². The van der Waals surface area contributed by atoms with Gasteiger partial charge in [0.2, 0.25) is 0 Å². The fourth-order valence-electron chi connectivity index (χ4n) is 5.24. The third kappa shape index (κ3) is 5.37. The monoisotopic (exact) mass is 596 g/mol. The van der Waals surface area contributed by atoms with Crippen LogP contribution in [0.15, 0.2) is 66.9 Å². The molecule has 0 bridgehead atoms. The Bertz CT molecular complexity index is 1530. The van der Waals surface area contributed by atoms with Crippen LogP contribution in [0.4, 0.5) is 5.69 Å². The molecule has 0 unspecified atom stereocenters. The van der Waals surface area contributed by atoms with Crippen LogP contribution in [0.5, 0.6) is 11.5 Å². The topological polar surface area (TPSA) is 60.8 Å². The molecule has 2 atom stereocenters.